The molecule has 0 saturated heterocycles. The van der Waals surface area contributed by atoms with E-state index in [0.29, 0.717) is 16.8 Å². The van der Waals surface area contributed by atoms with Gasteiger partial charge in [-0.25, -0.2) is 4.98 Å². The molecule has 0 fully saturated rings. The Kier molecular flexibility index (Phi) is 3.50. The highest BCUT2D eigenvalue weighted by Crippen LogP contribution is 2.36. The van der Waals surface area contributed by atoms with Gasteiger partial charge in [0, 0.05) is 16.8 Å². The molecule has 0 spiro atoms. The van der Waals surface area contributed by atoms with E-state index in [1.807, 2.05) is 13.8 Å². The third-order valence-electron chi connectivity index (χ3n) is 3.05. The van der Waals surface area contributed by atoms with Crippen molar-refractivity contribution in [2.45, 2.75) is 33.1 Å². The highest BCUT2D eigenvalue weighted by molar-refractivity contribution is 5.95. The van der Waals surface area contributed by atoms with Crippen molar-refractivity contribution in [1.29, 1.82) is 0 Å². The molecule has 1 heterocycles. The van der Waals surface area contributed by atoms with Crippen LogP contribution in [0.5, 0.6) is 5.75 Å². The number of aromatic nitrogens is 1. The van der Waals surface area contributed by atoms with Crippen LogP contribution in [0.1, 0.15) is 31.0 Å². The number of anilines is 1. The quantitative estimate of drug-likeness (QED) is 0.901. The first kappa shape index (κ1) is 14.4. The molecular formula is C14H15F3N2O. The highest BCUT2D eigenvalue weighted by Gasteiger charge is 2.32. The van der Waals surface area contributed by atoms with E-state index in [9.17, 15) is 13.2 Å². The topological polar surface area (TPSA) is 48.1 Å². The van der Waals surface area contributed by atoms with Crippen LogP contribution in [0.3, 0.4) is 0 Å². The Bertz CT molecular complexity index is 651. The monoisotopic (exact) mass is 284 g/mol. The molecule has 2 rings (SSSR count). The molecule has 1 aromatic heterocycles. The average molecular weight is 284 g/mol. The zero-order valence-electron chi connectivity index (χ0n) is 11.4. The molecule has 3 nitrogen and oxygen atoms in total. The number of halogens is 3. The summed E-state index contributed by atoms with van der Waals surface area (Å²) in [5.41, 5.74) is 8.12. The standard InChI is InChI=1S/C14H15F3N2O/c1-7(2)11-8(3)19-13-9(12(11)18)5-4-6-10(13)20-14(15,16)17/h4-7H,1-3H3,(H2,18,19). The molecule has 108 valence electrons. The van der Waals surface area contributed by atoms with E-state index in [0.717, 1.165) is 5.56 Å². The third-order valence-corrected chi connectivity index (χ3v) is 3.05. The average Bonchev–Trinajstić information content (AvgIpc) is 2.28. The summed E-state index contributed by atoms with van der Waals surface area (Å²) in [6.07, 6.45) is -4.75. The second-order valence-electron chi connectivity index (χ2n) is 4.88. The van der Waals surface area contributed by atoms with Gasteiger partial charge in [-0.3, -0.25) is 0 Å². The molecular weight excluding hydrogens is 269 g/mol. The van der Waals surface area contributed by atoms with Crippen molar-refractivity contribution < 1.29 is 17.9 Å². The molecule has 6 heteroatoms. The SMILES string of the molecule is Cc1nc2c(OC(F)(F)F)cccc2c(N)c1C(C)C. The molecule has 0 atom stereocenters. The number of hydrogen-bond donors (Lipinski definition) is 1. The predicted molar refractivity (Wildman–Crippen MR) is 71.7 cm³/mol. The molecule has 0 radical (unpaired) electrons. The van der Waals surface area contributed by atoms with Crippen molar-refractivity contribution >= 4 is 16.6 Å². The van der Waals surface area contributed by atoms with E-state index < -0.39 is 6.36 Å². The van der Waals surface area contributed by atoms with Crippen LogP contribution in [-0.2, 0) is 0 Å². The number of para-hydroxylation sites is 1. The summed E-state index contributed by atoms with van der Waals surface area (Å²) in [6.45, 7) is 5.65. The van der Waals surface area contributed by atoms with Crippen LogP contribution in [0, 0.1) is 6.92 Å². The van der Waals surface area contributed by atoms with E-state index in [4.69, 9.17) is 5.73 Å². The van der Waals surface area contributed by atoms with E-state index in [1.165, 1.54) is 12.1 Å². The number of alkyl halides is 3. The first-order chi connectivity index (χ1) is 9.20. The molecule has 2 aromatic rings. The predicted octanol–water partition coefficient (Wildman–Crippen LogP) is 4.15. The summed E-state index contributed by atoms with van der Waals surface area (Å²) in [7, 11) is 0. The third kappa shape index (κ3) is 2.64. The zero-order valence-corrected chi connectivity index (χ0v) is 11.4. The van der Waals surface area contributed by atoms with Gasteiger partial charge in [0.15, 0.2) is 5.75 Å². The molecule has 20 heavy (non-hydrogen) atoms. The Morgan fingerprint density at radius 3 is 2.45 bits per heavy atom. The Morgan fingerprint density at radius 1 is 1.25 bits per heavy atom. The molecule has 1 aromatic carbocycles. The largest absolute Gasteiger partial charge is 0.573 e. The summed E-state index contributed by atoms with van der Waals surface area (Å²) < 4.78 is 41.2. The van der Waals surface area contributed by atoms with Crippen LogP contribution in [0.15, 0.2) is 18.2 Å². The van der Waals surface area contributed by atoms with Crippen molar-refractivity contribution in [3.63, 3.8) is 0 Å². The summed E-state index contributed by atoms with van der Waals surface area (Å²) in [6, 6.07) is 4.35. The number of fused-ring (bicyclic) bond motifs is 1. The molecule has 0 bridgehead atoms. The number of rotatable bonds is 2. The van der Waals surface area contributed by atoms with Gasteiger partial charge in [0.2, 0.25) is 0 Å². The second-order valence-corrected chi connectivity index (χ2v) is 4.88. The van der Waals surface area contributed by atoms with E-state index in [-0.39, 0.29) is 17.2 Å². The molecule has 0 amide bonds. The molecule has 0 unspecified atom stereocenters. The summed E-state index contributed by atoms with van der Waals surface area (Å²) in [4.78, 5) is 4.24. The van der Waals surface area contributed by atoms with E-state index in [2.05, 4.69) is 9.72 Å². The minimum absolute atomic E-state index is 0.129. The van der Waals surface area contributed by atoms with Crippen LogP contribution in [0.4, 0.5) is 18.9 Å². The second kappa shape index (κ2) is 4.85. The van der Waals surface area contributed by atoms with Gasteiger partial charge in [0.25, 0.3) is 0 Å². The van der Waals surface area contributed by atoms with Gasteiger partial charge in [-0.15, -0.1) is 13.2 Å². The number of ether oxygens (including phenoxy) is 1. The van der Waals surface area contributed by atoms with E-state index in [1.54, 1.807) is 13.0 Å². The normalized spacial score (nSPS) is 12.2. The number of pyridine rings is 1. The fraction of sp³-hybridized carbons (Fsp3) is 0.357. The number of benzene rings is 1. The zero-order chi connectivity index (χ0) is 15.1. The van der Waals surface area contributed by atoms with Gasteiger partial charge in [-0.2, -0.15) is 0 Å². The van der Waals surface area contributed by atoms with Crippen LogP contribution >= 0.6 is 0 Å². The fourth-order valence-corrected chi connectivity index (χ4v) is 2.36. The first-order valence-corrected chi connectivity index (χ1v) is 6.15. The van der Waals surface area contributed by atoms with Crippen molar-refractivity contribution in [2.24, 2.45) is 0 Å². The number of hydrogen-bond acceptors (Lipinski definition) is 3. The lowest BCUT2D eigenvalue weighted by atomic mass is 9.97. The number of aryl methyl sites for hydroxylation is 1. The molecule has 2 N–H and O–H groups in total. The lowest BCUT2D eigenvalue weighted by molar-refractivity contribution is -0.274. The van der Waals surface area contributed by atoms with Gasteiger partial charge >= 0.3 is 6.36 Å². The highest BCUT2D eigenvalue weighted by atomic mass is 19.4. The summed E-state index contributed by atoms with van der Waals surface area (Å²) in [5.74, 6) is -0.195. The first-order valence-electron chi connectivity index (χ1n) is 6.15. The van der Waals surface area contributed by atoms with Crippen molar-refractivity contribution in [1.82, 2.24) is 4.98 Å². The van der Waals surface area contributed by atoms with Crippen LogP contribution < -0.4 is 10.5 Å². The summed E-state index contributed by atoms with van der Waals surface area (Å²) in [5, 5.41) is 0.473. The van der Waals surface area contributed by atoms with Crippen molar-refractivity contribution in [3.05, 3.63) is 29.5 Å². The van der Waals surface area contributed by atoms with Crippen LogP contribution in [0.25, 0.3) is 10.9 Å². The maximum Gasteiger partial charge on any atom is 0.573 e. The Labute approximate surface area is 114 Å². The lowest BCUT2D eigenvalue weighted by Crippen LogP contribution is -2.17. The molecule has 0 aliphatic heterocycles. The minimum atomic E-state index is -4.75. The van der Waals surface area contributed by atoms with Gasteiger partial charge in [0.1, 0.15) is 5.52 Å². The van der Waals surface area contributed by atoms with Crippen molar-refractivity contribution in [3.8, 4) is 5.75 Å². The number of nitrogens with two attached hydrogens (primary N) is 1. The molecule has 0 saturated carbocycles. The van der Waals surface area contributed by atoms with Gasteiger partial charge < -0.3 is 10.5 Å². The van der Waals surface area contributed by atoms with Gasteiger partial charge in [0.05, 0.1) is 0 Å². The number of nitrogens with zero attached hydrogens (tertiary/aromatic N) is 1. The van der Waals surface area contributed by atoms with Crippen LogP contribution in [-0.4, -0.2) is 11.3 Å². The maximum absolute atomic E-state index is 12.4. The maximum atomic E-state index is 12.4. The Morgan fingerprint density at radius 2 is 1.90 bits per heavy atom. The van der Waals surface area contributed by atoms with E-state index >= 15 is 0 Å². The molecule has 0 aliphatic rings. The Balaban J connectivity index is 2.71. The summed E-state index contributed by atoms with van der Waals surface area (Å²) >= 11 is 0. The van der Waals surface area contributed by atoms with Gasteiger partial charge in [-0.1, -0.05) is 26.0 Å². The van der Waals surface area contributed by atoms with Gasteiger partial charge in [-0.05, 0) is 24.5 Å². The number of nitrogen functional groups attached to an aromatic ring is 1. The fourth-order valence-electron chi connectivity index (χ4n) is 2.36. The molecule has 0 aliphatic carbocycles. The smallest absolute Gasteiger partial charge is 0.403 e. The lowest BCUT2D eigenvalue weighted by Gasteiger charge is -2.17. The minimum Gasteiger partial charge on any atom is -0.403 e. The van der Waals surface area contributed by atoms with Crippen molar-refractivity contribution in [2.75, 3.05) is 5.73 Å². The Hall–Kier alpha value is -1.98. The van der Waals surface area contributed by atoms with Crippen LogP contribution in [0.2, 0.25) is 0 Å².